The summed E-state index contributed by atoms with van der Waals surface area (Å²) in [5, 5.41) is 9.14. The number of aliphatic hydroxyl groups excluding tert-OH is 1. The zero-order chi connectivity index (χ0) is 10.3. The first-order chi connectivity index (χ1) is 6.11. The second-order valence-electron chi connectivity index (χ2n) is 4.30. The lowest BCUT2D eigenvalue weighted by Crippen LogP contribution is -2.31. The van der Waals surface area contributed by atoms with E-state index >= 15 is 0 Å². The second kappa shape index (κ2) is 7.34. The van der Waals surface area contributed by atoms with Crippen LogP contribution in [0.3, 0.4) is 0 Å². The van der Waals surface area contributed by atoms with Crippen LogP contribution in [0.2, 0.25) is 0 Å². The summed E-state index contributed by atoms with van der Waals surface area (Å²) in [5.41, 5.74) is 0. The first kappa shape index (κ1) is 12.9. The summed E-state index contributed by atoms with van der Waals surface area (Å²) in [7, 11) is 2.14. The van der Waals surface area contributed by atoms with Gasteiger partial charge in [0.05, 0.1) is 0 Å². The Morgan fingerprint density at radius 2 is 1.92 bits per heavy atom. The van der Waals surface area contributed by atoms with Crippen molar-refractivity contribution in [3.63, 3.8) is 0 Å². The molecule has 0 radical (unpaired) electrons. The molecule has 0 aliphatic carbocycles. The van der Waals surface area contributed by atoms with Gasteiger partial charge in [0.1, 0.15) is 0 Å². The molecule has 0 aliphatic heterocycles. The van der Waals surface area contributed by atoms with Crippen molar-refractivity contribution in [2.45, 2.75) is 33.6 Å². The van der Waals surface area contributed by atoms with Crippen LogP contribution in [0.5, 0.6) is 0 Å². The SMILES string of the molecule is CCCCN(C)CC(CO)C(C)C. The molecule has 0 fully saturated rings. The smallest absolute Gasteiger partial charge is 0.0473 e. The molecule has 0 aromatic rings. The molecular formula is C11H25NO. The standard InChI is InChI=1S/C11H25NO/c1-5-6-7-12(4)8-11(9-13)10(2)3/h10-11,13H,5-9H2,1-4H3. The summed E-state index contributed by atoms with van der Waals surface area (Å²) in [5.74, 6) is 1.01. The van der Waals surface area contributed by atoms with Crippen molar-refractivity contribution in [1.29, 1.82) is 0 Å². The molecule has 80 valence electrons. The van der Waals surface area contributed by atoms with E-state index in [0.29, 0.717) is 18.4 Å². The Hall–Kier alpha value is -0.0800. The number of unbranched alkanes of at least 4 members (excludes halogenated alkanes) is 1. The summed E-state index contributed by atoms with van der Waals surface area (Å²) in [4.78, 5) is 2.32. The van der Waals surface area contributed by atoms with Gasteiger partial charge in [-0.1, -0.05) is 27.2 Å². The number of nitrogens with zero attached hydrogens (tertiary/aromatic N) is 1. The summed E-state index contributed by atoms with van der Waals surface area (Å²) in [6, 6.07) is 0. The lowest BCUT2D eigenvalue weighted by Gasteiger charge is -2.25. The lowest BCUT2D eigenvalue weighted by atomic mass is 9.96. The molecule has 1 unspecified atom stereocenters. The van der Waals surface area contributed by atoms with Crippen LogP contribution >= 0.6 is 0 Å². The second-order valence-corrected chi connectivity index (χ2v) is 4.30. The first-order valence-electron chi connectivity index (χ1n) is 5.41. The molecular weight excluding hydrogens is 162 g/mol. The Bertz CT molecular complexity index is 115. The van der Waals surface area contributed by atoms with Gasteiger partial charge < -0.3 is 10.0 Å². The zero-order valence-electron chi connectivity index (χ0n) is 9.58. The van der Waals surface area contributed by atoms with Gasteiger partial charge in [-0.3, -0.25) is 0 Å². The summed E-state index contributed by atoms with van der Waals surface area (Å²) < 4.78 is 0. The van der Waals surface area contributed by atoms with Crippen molar-refractivity contribution in [2.75, 3.05) is 26.7 Å². The predicted octanol–water partition coefficient (Wildman–Crippen LogP) is 1.98. The minimum atomic E-state index is 0.314. The Kier molecular flexibility index (Phi) is 7.29. The van der Waals surface area contributed by atoms with E-state index < -0.39 is 0 Å². The normalized spacial score (nSPS) is 14.1. The van der Waals surface area contributed by atoms with Crippen molar-refractivity contribution in [3.05, 3.63) is 0 Å². The third-order valence-corrected chi connectivity index (χ3v) is 2.62. The van der Waals surface area contributed by atoms with E-state index in [9.17, 15) is 0 Å². The third-order valence-electron chi connectivity index (χ3n) is 2.62. The van der Waals surface area contributed by atoms with Crippen molar-refractivity contribution < 1.29 is 5.11 Å². The van der Waals surface area contributed by atoms with Gasteiger partial charge in [-0.15, -0.1) is 0 Å². The molecule has 0 saturated heterocycles. The topological polar surface area (TPSA) is 23.5 Å². The predicted molar refractivity (Wildman–Crippen MR) is 57.8 cm³/mol. The molecule has 0 spiro atoms. The molecule has 0 bridgehead atoms. The Morgan fingerprint density at radius 3 is 2.31 bits per heavy atom. The van der Waals surface area contributed by atoms with E-state index in [1.807, 2.05) is 0 Å². The summed E-state index contributed by atoms with van der Waals surface area (Å²) in [6.45, 7) is 9.05. The minimum absolute atomic E-state index is 0.314. The van der Waals surface area contributed by atoms with Crippen LogP contribution in [0.25, 0.3) is 0 Å². The molecule has 2 heteroatoms. The Balaban J connectivity index is 3.66. The molecule has 0 saturated carbocycles. The highest BCUT2D eigenvalue weighted by molar-refractivity contribution is 4.65. The summed E-state index contributed by atoms with van der Waals surface area (Å²) >= 11 is 0. The quantitative estimate of drug-likeness (QED) is 0.659. The number of hydrogen-bond acceptors (Lipinski definition) is 2. The average Bonchev–Trinajstić information content (AvgIpc) is 2.10. The molecule has 0 aromatic heterocycles. The number of rotatable bonds is 7. The minimum Gasteiger partial charge on any atom is -0.396 e. The maximum Gasteiger partial charge on any atom is 0.0473 e. The maximum atomic E-state index is 9.14. The van der Waals surface area contributed by atoms with E-state index in [0.717, 1.165) is 13.1 Å². The Labute approximate surface area is 82.9 Å². The van der Waals surface area contributed by atoms with E-state index in [1.165, 1.54) is 12.8 Å². The molecule has 2 nitrogen and oxygen atoms in total. The van der Waals surface area contributed by atoms with Crippen molar-refractivity contribution in [2.24, 2.45) is 11.8 Å². The third kappa shape index (κ3) is 6.05. The summed E-state index contributed by atoms with van der Waals surface area (Å²) in [6.07, 6.45) is 2.50. The largest absolute Gasteiger partial charge is 0.396 e. The zero-order valence-corrected chi connectivity index (χ0v) is 9.58. The average molecular weight is 187 g/mol. The number of hydrogen-bond donors (Lipinski definition) is 1. The lowest BCUT2D eigenvalue weighted by molar-refractivity contribution is 0.145. The van der Waals surface area contributed by atoms with Crippen LogP contribution in [0.15, 0.2) is 0 Å². The van der Waals surface area contributed by atoms with Crippen molar-refractivity contribution >= 4 is 0 Å². The van der Waals surface area contributed by atoms with Crippen LogP contribution in [0.1, 0.15) is 33.6 Å². The monoisotopic (exact) mass is 187 g/mol. The van der Waals surface area contributed by atoms with Gasteiger partial charge >= 0.3 is 0 Å². The van der Waals surface area contributed by atoms with Crippen LogP contribution < -0.4 is 0 Å². The van der Waals surface area contributed by atoms with E-state index in [-0.39, 0.29) is 0 Å². The molecule has 0 amide bonds. The van der Waals surface area contributed by atoms with Crippen LogP contribution in [0.4, 0.5) is 0 Å². The fourth-order valence-corrected chi connectivity index (χ4v) is 1.40. The van der Waals surface area contributed by atoms with Gasteiger partial charge in [0.2, 0.25) is 0 Å². The highest BCUT2D eigenvalue weighted by Gasteiger charge is 2.13. The molecule has 1 N–H and O–H groups in total. The highest BCUT2D eigenvalue weighted by Crippen LogP contribution is 2.11. The van der Waals surface area contributed by atoms with Gasteiger partial charge in [-0.25, -0.2) is 0 Å². The van der Waals surface area contributed by atoms with Gasteiger partial charge in [-0.2, -0.15) is 0 Å². The van der Waals surface area contributed by atoms with E-state index in [2.05, 4.69) is 32.7 Å². The molecule has 13 heavy (non-hydrogen) atoms. The van der Waals surface area contributed by atoms with Gasteiger partial charge in [-0.05, 0) is 31.8 Å². The highest BCUT2D eigenvalue weighted by atomic mass is 16.3. The maximum absolute atomic E-state index is 9.14. The van der Waals surface area contributed by atoms with E-state index in [1.54, 1.807) is 0 Å². The van der Waals surface area contributed by atoms with Crippen molar-refractivity contribution in [3.8, 4) is 0 Å². The van der Waals surface area contributed by atoms with Gasteiger partial charge in [0, 0.05) is 13.2 Å². The molecule has 0 aliphatic rings. The van der Waals surface area contributed by atoms with Gasteiger partial charge in [0.25, 0.3) is 0 Å². The molecule has 1 atom stereocenters. The van der Waals surface area contributed by atoms with Crippen LogP contribution in [-0.2, 0) is 0 Å². The molecule has 0 aromatic carbocycles. The molecule has 0 heterocycles. The fourth-order valence-electron chi connectivity index (χ4n) is 1.40. The Morgan fingerprint density at radius 1 is 1.31 bits per heavy atom. The number of aliphatic hydroxyl groups is 1. The fraction of sp³-hybridized carbons (Fsp3) is 1.00. The first-order valence-corrected chi connectivity index (χ1v) is 5.41. The molecule has 0 rings (SSSR count). The van der Waals surface area contributed by atoms with Crippen LogP contribution in [-0.4, -0.2) is 36.8 Å². The van der Waals surface area contributed by atoms with Crippen LogP contribution in [0, 0.1) is 11.8 Å². The van der Waals surface area contributed by atoms with Gasteiger partial charge in [0.15, 0.2) is 0 Å². The van der Waals surface area contributed by atoms with E-state index in [4.69, 9.17) is 5.11 Å². The van der Waals surface area contributed by atoms with Crippen molar-refractivity contribution in [1.82, 2.24) is 4.90 Å².